The Morgan fingerprint density at radius 1 is 0.571 bits per heavy atom. The minimum Gasteiger partial charge on any atom is -0.381 e. The molecule has 0 aromatic heterocycles. The molecule has 6 rings (SSSR count). The molecule has 6 aliphatic rings. The van der Waals surface area contributed by atoms with Crippen LogP contribution in [0.3, 0.4) is 0 Å². The van der Waals surface area contributed by atoms with Gasteiger partial charge in [0.05, 0.1) is 36.2 Å². The van der Waals surface area contributed by atoms with Gasteiger partial charge in [-0.3, -0.25) is 0 Å². The number of ether oxygens (including phenoxy) is 1. The monoisotopic (exact) mass is 790 g/mol. The van der Waals surface area contributed by atoms with Gasteiger partial charge in [-0.2, -0.15) is 10.5 Å². The normalized spacial score (nSPS) is 23.8. The third-order valence-electron chi connectivity index (χ3n) is 11.4. The topological polar surface area (TPSA) is 82.8 Å². The Balaban J connectivity index is 0.000000337. The predicted molar refractivity (Wildman–Crippen MR) is 235 cm³/mol. The van der Waals surface area contributed by atoms with Gasteiger partial charge in [0.15, 0.2) is 0 Å². The van der Waals surface area contributed by atoms with Gasteiger partial charge >= 0.3 is 0 Å². The third-order valence-corrected chi connectivity index (χ3v) is 11.4. The number of alkyl halides is 2. The number of nitrogens with zero attached hydrogens (tertiary/aromatic N) is 2. The Hall–Kier alpha value is -1.24. The van der Waals surface area contributed by atoms with E-state index in [1.165, 1.54) is 44.9 Å². The predicted octanol–water partition coefficient (Wildman–Crippen LogP) is 15.3. The van der Waals surface area contributed by atoms with E-state index in [-0.39, 0.29) is 34.1 Å². The zero-order chi connectivity index (χ0) is 43.9. The molecule has 2 N–H and O–H groups in total. The van der Waals surface area contributed by atoms with E-state index in [0.29, 0.717) is 33.5 Å². The maximum atomic E-state index is 12.3. The average molecular weight is 790 g/mol. The first-order valence-corrected chi connectivity index (χ1v) is 22.4. The summed E-state index contributed by atoms with van der Waals surface area (Å²) in [5, 5.41) is 17.7. The molecule has 0 aromatic rings. The van der Waals surface area contributed by atoms with Crippen LogP contribution in [-0.4, -0.2) is 24.7 Å². The molecule has 56 heavy (non-hydrogen) atoms. The van der Waals surface area contributed by atoms with Crippen LogP contribution in [0.4, 0.5) is 8.78 Å². The summed E-state index contributed by atoms with van der Waals surface area (Å²) in [5.74, 6) is -0.752. The molecular weight excluding hydrogens is 697 g/mol. The molecule has 0 radical (unpaired) electrons. The third kappa shape index (κ3) is 25.3. The van der Waals surface area contributed by atoms with E-state index in [0.717, 1.165) is 63.6 Å². The van der Waals surface area contributed by atoms with Crippen molar-refractivity contribution in [2.24, 2.45) is 66.8 Å². The molecule has 328 valence electrons. The first kappa shape index (κ1) is 52.8. The van der Waals surface area contributed by atoms with Gasteiger partial charge in [-0.25, -0.2) is 8.78 Å². The highest BCUT2D eigenvalue weighted by Crippen LogP contribution is 2.54. The molecule has 1 aliphatic heterocycles. The molecule has 1 unspecified atom stereocenters. The molecule has 0 aromatic carbocycles. The highest BCUT2D eigenvalue weighted by molar-refractivity contribution is 5.11. The lowest BCUT2D eigenvalue weighted by molar-refractivity contribution is -0.0821. The number of nitrogens with two attached hydrogens (primary N) is 1. The zero-order valence-corrected chi connectivity index (χ0v) is 40.4. The first-order chi connectivity index (χ1) is 24.9. The second-order valence-electron chi connectivity index (χ2n) is 26.4. The van der Waals surface area contributed by atoms with Crippen LogP contribution in [0.25, 0.3) is 0 Å². The van der Waals surface area contributed by atoms with Gasteiger partial charge in [0, 0.05) is 23.8 Å². The zero-order valence-electron chi connectivity index (χ0n) is 40.4. The van der Waals surface area contributed by atoms with Crippen LogP contribution >= 0.6 is 0 Å². The quantitative estimate of drug-likeness (QED) is 0.301. The number of nitriles is 2. The van der Waals surface area contributed by atoms with E-state index in [2.05, 4.69) is 116 Å². The highest BCUT2D eigenvalue weighted by Gasteiger charge is 2.57. The minimum absolute atomic E-state index is 0.0538. The van der Waals surface area contributed by atoms with Crippen molar-refractivity contribution < 1.29 is 13.5 Å². The summed E-state index contributed by atoms with van der Waals surface area (Å²) < 4.78 is 29.7. The molecule has 6 heteroatoms. The van der Waals surface area contributed by atoms with Gasteiger partial charge in [-0.15, -0.1) is 0 Å². The second kappa shape index (κ2) is 19.4. The summed E-state index contributed by atoms with van der Waals surface area (Å²) in [6, 6.07) is 4.88. The van der Waals surface area contributed by atoms with Crippen molar-refractivity contribution in [3.05, 3.63) is 0 Å². The maximum Gasteiger partial charge on any atom is 0.251 e. The summed E-state index contributed by atoms with van der Waals surface area (Å²) in [4.78, 5) is 0. The molecule has 5 aliphatic carbocycles. The molecule has 1 atom stereocenters. The van der Waals surface area contributed by atoms with Crippen LogP contribution in [-0.2, 0) is 4.74 Å². The lowest BCUT2D eigenvalue weighted by Gasteiger charge is -2.39. The van der Waals surface area contributed by atoms with Crippen molar-refractivity contribution in [3.8, 4) is 12.1 Å². The van der Waals surface area contributed by atoms with Crippen LogP contribution in [0, 0.1) is 83.7 Å². The Bertz CT molecular complexity index is 1240. The van der Waals surface area contributed by atoms with Crippen molar-refractivity contribution in [1.29, 1.82) is 10.5 Å². The van der Waals surface area contributed by atoms with Crippen LogP contribution in [0.5, 0.6) is 0 Å². The lowest BCUT2D eigenvalue weighted by Crippen LogP contribution is -2.37. The van der Waals surface area contributed by atoms with E-state index in [4.69, 9.17) is 21.0 Å². The van der Waals surface area contributed by atoms with Gasteiger partial charge in [0.1, 0.15) is 0 Å². The summed E-state index contributed by atoms with van der Waals surface area (Å²) in [6.07, 6.45) is 16.8. The van der Waals surface area contributed by atoms with E-state index in [9.17, 15) is 8.78 Å². The van der Waals surface area contributed by atoms with E-state index in [1.807, 2.05) is 20.8 Å². The highest BCUT2D eigenvalue weighted by atomic mass is 19.3. The summed E-state index contributed by atoms with van der Waals surface area (Å²) in [6.45, 7) is 41.7. The number of rotatable bonds is 5. The fourth-order valence-electron chi connectivity index (χ4n) is 7.99. The van der Waals surface area contributed by atoms with Crippen LogP contribution in [0.15, 0.2) is 0 Å². The van der Waals surface area contributed by atoms with E-state index in [1.54, 1.807) is 0 Å². The number of hydrogen-bond acceptors (Lipinski definition) is 4. The van der Waals surface area contributed by atoms with Crippen molar-refractivity contribution in [2.45, 2.75) is 232 Å². The van der Waals surface area contributed by atoms with Gasteiger partial charge in [-0.1, -0.05) is 144 Å². The van der Waals surface area contributed by atoms with E-state index >= 15 is 0 Å². The molecule has 1 saturated heterocycles. The molecular formula is C50H93F2N3O. The average Bonchev–Trinajstić information content (AvgIpc) is 3.72. The number of hydrogen-bond donors (Lipinski definition) is 1. The standard InChI is InChI=1S/C10H17N.C9H15N.C8H14F2.C8H17N.C8H16.C7H14O/c1-9(2,3)7-10(8-11)5-4-6-10;1-8(2,3)6-9(7-10)4-5-9;1-7(2,3)4-6-5-8(6,9)10;1-7(2,3)6-8(9)4-5-8;1-8(2,3)6-7-4-5-7;1-7(2,3)6-4-8-5-6/h4-7H2,1-3H3;4-6H2,1-3H3;6H,4-5H2,1-3H3;4-6,9H2,1-3H3;7H,4-6H2,1-3H3;6H,4-5H2,1-3H3. The van der Waals surface area contributed by atoms with Crippen molar-refractivity contribution in [3.63, 3.8) is 0 Å². The molecule has 0 bridgehead atoms. The molecule has 6 fully saturated rings. The summed E-state index contributed by atoms with van der Waals surface area (Å²) >= 11 is 0. The summed E-state index contributed by atoms with van der Waals surface area (Å²) in [7, 11) is 0. The van der Waals surface area contributed by atoms with Crippen molar-refractivity contribution in [2.75, 3.05) is 13.2 Å². The van der Waals surface area contributed by atoms with Crippen molar-refractivity contribution in [1.82, 2.24) is 0 Å². The SMILES string of the molecule is CC(C)(C)C1COC1.CC(C)(C)CC1(C#N)CC1.CC(C)(C)CC1(C#N)CCC1.CC(C)(C)CC1(N)CC1.CC(C)(C)CC1CC1.CC(C)(C)CC1CC1(F)F. The molecule has 0 spiro atoms. The Kier molecular flexibility index (Phi) is 18.3. The molecule has 5 saturated carbocycles. The lowest BCUT2D eigenvalue weighted by atomic mass is 9.62. The smallest absolute Gasteiger partial charge is 0.251 e. The minimum atomic E-state index is -2.33. The maximum absolute atomic E-state index is 12.3. The molecule has 4 nitrogen and oxygen atoms in total. The molecule has 1 heterocycles. The Morgan fingerprint density at radius 3 is 1.04 bits per heavy atom. The largest absolute Gasteiger partial charge is 0.381 e. The summed E-state index contributed by atoms with van der Waals surface area (Å²) in [5.41, 5.74) is 8.48. The Labute approximate surface area is 347 Å². The van der Waals surface area contributed by atoms with Gasteiger partial charge < -0.3 is 10.5 Å². The molecule has 0 amide bonds. The fraction of sp³-hybridized carbons (Fsp3) is 0.960. The fourth-order valence-corrected chi connectivity index (χ4v) is 7.99. The second-order valence-corrected chi connectivity index (χ2v) is 26.4. The number of halogens is 2. The van der Waals surface area contributed by atoms with Crippen molar-refractivity contribution >= 4 is 0 Å². The van der Waals surface area contributed by atoms with Crippen LogP contribution in [0.2, 0.25) is 0 Å². The Morgan fingerprint density at radius 2 is 0.946 bits per heavy atom. The van der Waals surface area contributed by atoms with Gasteiger partial charge in [0.25, 0.3) is 5.92 Å². The van der Waals surface area contributed by atoms with Gasteiger partial charge in [-0.05, 0) is 109 Å². The van der Waals surface area contributed by atoms with Gasteiger partial charge in [0.2, 0.25) is 0 Å². The van der Waals surface area contributed by atoms with E-state index < -0.39 is 5.92 Å². The van der Waals surface area contributed by atoms with Crippen LogP contribution in [0.1, 0.15) is 221 Å². The first-order valence-electron chi connectivity index (χ1n) is 22.4. The van der Waals surface area contributed by atoms with Crippen LogP contribution < -0.4 is 5.73 Å².